The number of terminal acetylenes is 1. The van der Waals surface area contributed by atoms with Gasteiger partial charge in [0.25, 0.3) is 0 Å². The van der Waals surface area contributed by atoms with Gasteiger partial charge in [-0.1, -0.05) is 5.92 Å². The monoisotopic (exact) mass is 219 g/mol. The lowest BCUT2D eigenvalue weighted by molar-refractivity contribution is 0.170. The second-order valence-corrected chi connectivity index (χ2v) is 3.04. The maximum Gasteiger partial charge on any atom is 0.407 e. The SMILES string of the molecule is C#C/C=C\c1nc(CNC(=O)OC)[nH]c1C. The van der Waals surface area contributed by atoms with Crippen LogP contribution in [0.15, 0.2) is 6.08 Å². The van der Waals surface area contributed by atoms with E-state index < -0.39 is 6.09 Å². The van der Waals surface area contributed by atoms with Crippen molar-refractivity contribution >= 4 is 12.2 Å². The second-order valence-electron chi connectivity index (χ2n) is 3.04. The average molecular weight is 219 g/mol. The van der Waals surface area contributed by atoms with Crippen LogP contribution in [0, 0.1) is 19.3 Å². The van der Waals surface area contributed by atoms with Crippen molar-refractivity contribution in [3.63, 3.8) is 0 Å². The first-order chi connectivity index (χ1) is 7.67. The molecular weight excluding hydrogens is 206 g/mol. The normalized spacial score (nSPS) is 10.1. The first-order valence-electron chi connectivity index (χ1n) is 4.67. The lowest BCUT2D eigenvalue weighted by Gasteiger charge is -1.99. The predicted octanol–water partition coefficient (Wildman–Crippen LogP) is 1.22. The van der Waals surface area contributed by atoms with Gasteiger partial charge < -0.3 is 15.0 Å². The number of allylic oxidation sites excluding steroid dienone is 1. The van der Waals surface area contributed by atoms with Crippen LogP contribution in [-0.2, 0) is 11.3 Å². The van der Waals surface area contributed by atoms with E-state index >= 15 is 0 Å². The zero-order valence-electron chi connectivity index (χ0n) is 9.20. The lowest BCUT2D eigenvalue weighted by atomic mass is 10.3. The topological polar surface area (TPSA) is 67.0 Å². The number of imidazole rings is 1. The minimum atomic E-state index is -0.491. The fourth-order valence-electron chi connectivity index (χ4n) is 1.14. The van der Waals surface area contributed by atoms with Crippen molar-refractivity contribution < 1.29 is 9.53 Å². The van der Waals surface area contributed by atoms with Gasteiger partial charge in [-0.15, -0.1) is 6.42 Å². The number of hydrogen-bond donors (Lipinski definition) is 2. The summed E-state index contributed by atoms with van der Waals surface area (Å²) in [7, 11) is 1.31. The number of rotatable bonds is 3. The number of alkyl carbamates (subject to hydrolysis) is 1. The quantitative estimate of drug-likeness (QED) is 0.751. The molecule has 1 heterocycles. The molecule has 1 amide bonds. The molecule has 0 aliphatic heterocycles. The third kappa shape index (κ3) is 3.17. The Morgan fingerprint density at radius 2 is 2.50 bits per heavy atom. The van der Waals surface area contributed by atoms with Gasteiger partial charge in [0.2, 0.25) is 0 Å². The van der Waals surface area contributed by atoms with Gasteiger partial charge in [-0.2, -0.15) is 0 Å². The molecule has 0 fully saturated rings. The lowest BCUT2D eigenvalue weighted by Crippen LogP contribution is -2.22. The summed E-state index contributed by atoms with van der Waals surface area (Å²) in [4.78, 5) is 18.1. The fraction of sp³-hybridized carbons (Fsp3) is 0.273. The maximum atomic E-state index is 10.8. The maximum absolute atomic E-state index is 10.8. The summed E-state index contributed by atoms with van der Waals surface area (Å²) in [5.74, 6) is 3.04. The van der Waals surface area contributed by atoms with Gasteiger partial charge in [0.15, 0.2) is 0 Å². The van der Waals surface area contributed by atoms with Crippen molar-refractivity contribution in [1.82, 2.24) is 15.3 Å². The Balaban J connectivity index is 2.66. The summed E-state index contributed by atoms with van der Waals surface area (Å²) in [6.07, 6.45) is 7.91. The number of aromatic nitrogens is 2. The van der Waals surface area contributed by atoms with Gasteiger partial charge in [0.05, 0.1) is 19.3 Å². The molecule has 0 aromatic carbocycles. The molecule has 1 aromatic heterocycles. The number of nitrogens with one attached hydrogen (secondary N) is 2. The number of ether oxygens (including phenoxy) is 1. The van der Waals surface area contributed by atoms with E-state index in [0.717, 1.165) is 11.4 Å². The number of amides is 1. The number of aryl methyl sites for hydroxylation is 1. The molecule has 0 radical (unpaired) electrons. The van der Waals surface area contributed by atoms with E-state index in [1.807, 2.05) is 6.92 Å². The standard InChI is InChI=1S/C11H13N3O2/c1-4-5-6-9-8(2)13-10(14-9)7-12-11(15)16-3/h1,5-6H,7H2,2-3H3,(H,12,15)(H,13,14)/b6-5-. The van der Waals surface area contributed by atoms with Crippen molar-refractivity contribution in [3.8, 4) is 12.3 Å². The first kappa shape index (κ1) is 11.9. The molecule has 1 rings (SSSR count). The first-order valence-corrected chi connectivity index (χ1v) is 4.67. The van der Waals surface area contributed by atoms with Crippen molar-refractivity contribution in [1.29, 1.82) is 0 Å². The van der Waals surface area contributed by atoms with Gasteiger partial charge in [-0.3, -0.25) is 0 Å². The van der Waals surface area contributed by atoms with E-state index in [2.05, 4.69) is 25.9 Å². The highest BCUT2D eigenvalue weighted by Gasteiger charge is 2.05. The Kier molecular flexibility index (Phi) is 4.16. The molecule has 0 bridgehead atoms. The van der Waals surface area contributed by atoms with Crippen molar-refractivity contribution in [3.05, 3.63) is 23.3 Å². The Morgan fingerprint density at radius 3 is 3.12 bits per heavy atom. The molecule has 0 aliphatic rings. The Bertz CT molecular complexity index is 441. The summed E-state index contributed by atoms with van der Waals surface area (Å²) in [5, 5.41) is 2.53. The van der Waals surface area contributed by atoms with E-state index in [4.69, 9.17) is 6.42 Å². The molecule has 16 heavy (non-hydrogen) atoms. The zero-order valence-corrected chi connectivity index (χ0v) is 9.20. The molecule has 5 nitrogen and oxygen atoms in total. The van der Waals surface area contributed by atoms with Crippen LogP contribution in [0.3, 0.4) is 0 Å². The fourth-order valence-corrected chi connectivity index (χ4v) is 1.14. The van der Waals surface area contributed by atoms with Crippen molar-refractivity contribution in [2.75, 3.05) is 7.11 Å². The third-order valence-electron chi connectivity index (χ3n) is 1.89. The molecule has 0 spiro atoms. The minimum absolute atomic E-state index is 0.289. The summed E-state index contributed by atoms with van der Waals surface area (Å²) < 4.78 is 4.44. The summed E-state index contributed by atoms with van der Waals surface area (Å²) in [6, 6.07) is 0. The molecule has 2 N–H and O–H groups in total. The number of aromatic amines is 1. The number of H-pyrrole nitrogens is 1. The molecule has 0 aliphatic carbocycles. The van der Waals surface area contributed by atoms with Crippen LogP contribution >= 0.6 is 0 Å². The molecule has 5 heteroatoms. The number of nitrogens with zero attached hydrogens (tertiary/aromatic N) is 1. The zero-order chi connectivity index (χ0) is 12.0. The molecule has 0 saturated carbocycles. The molecule has 1 aromatic rings. The predicted molar refractivity (Wildman–Crippen MR) is 60.4 cm³/mol. The Morgan fingerprint density at radius 1 is 1.75 bits per heavy atom. The van der Waals surface area contributed by atoms with E-state index in [-0.39, 0.29) is 6.54 Å². The summed E-state index contributed by atoms with van der Waals surface area (Å²) >= 11 is 0. The van der Waals surface area contributed by atoms with Crippen LogP contribution in [0.2, 0.25) is 0 Å². The van der Waals surface area contributed by atoms with Crippen LogP contribution in [0.5, 0.6) is 0 Å². The van der Waals surface area contributed by atoms with Gasteiger partial charge in [-0.05, 0) is 19.1 Å². The van der Waals surface area contributed by atoms with E-state index in [0.29, 0.717) is 5.82 Å². The second kappa shape index (κ2) is 5.61. The van der Waals surface area contributed by atoms with Crippen LogP contribution < -0.4 is 5.32 Å². The smallest absolute Gasteiger partial charge is 0.407 e. The van der Waals surface area contributed by atoms with E-state index in [9.17, 15) is 4.79 Å². The minimum Gasteiger partial charge on any atom is -0.453 e. The molecule has 0 unspecified atom stereocenters. The average Bonchev–Trinajstić information content (AvgIpc) is 2.64. The third-order valence-corrected chi connectivity index (χ3v) is 1.89. The Labute approximate surface area is 93.9 Å². The number of hydrogen-bond acceptors (Lipinski definition) is 3. The Hall–Kier alpha value is -2.22. The van der Waals surface area contributed by atoms with Gasteiger partial charge in [0.1, 0.15) is 5.82 Å². The van der Waals surface area contributed by atoms with E-state index in [1.54, 1.807) is 12.2 Å². The number of carbonyl (C=O) groups excluding carboxylic acids is 1. The van der Waals surface area contributed by atoms with Crippen LogP contribution in [-0.4, -0.2) is 23.2 Å². The van der Waals surface area contributed by atoms with E-state index in [1.165, 1.54) is 7.11 Å². The molecule has 0 atom stereocenters. The van der Waals surface area contributed by atoms with Gasteiger partial charge in [0, 0.05) is 5.69 Å². The molecule has 84 valence electrons. The highest BCUT2D eigenvalue weighted by molar-refractivity contribution is 5.66. The highest BCUT2D eigenvalue weighted by atomic mass is 16.5. The van der Waals surface area contributed by atoms with Crippen molar-refractivity contribution in [2.45, 2.75) is 13.5 Å². The number of methoxy groups -OCH3 is 1. The molecular formula is C11H13N3O2. The van der Waals surface area contributed by atoms with Gasteiger partial charge >= 0.3 is 6.09 Å². The largest absolute Gasteiger partial charge is 0.453 e. The van der Waals surface area contributed by atoms with Crippen LogP contribution in [0.25, 0.3) is 6.08 Å². The van der Waals surface area contributed by atoms with Crippen LogP contribution in [0.1, 0.15) is 17.2 Å². The molecule has 0 saturated heterocycles. The van der Waals surface area contributed by atoms with Crippen LogP contribution in [0.4, 0.5) is 4.79 Å². The highest BCUT2D eigenvalue weighted by Crippen LogP contribution is 2.06. The van der Waals surface area contributed by atoms with Crippen molar-refractivity contribution in [2.24, 2.45) is 0 Å². The summed E-state index contributed by atoms with van der Waals surface area (Å²) in [6.45, 7) is 2.17. The summed E-state index contributed by atoms with van der Waals surface area (Å²) in [5.41, 5.74) is 1.66. The van der Waals surface area contributed by atoms with Gasteiger partial charge in [-0.25, -0.2) is 9.78 Å². The number of carbonyl (C=O) groups is 1.